The van der Waals surface area contributed by atoms with Gasteiger partial charge in [0.15, 0.2) is 10.5 Å². The number of nitrogens with one attached hydrogen (secondary N) is 1. The molecule has 1 heterocycles. The summed E-state index contributed by atoms with van der Waals surface area (Å²) in [5.74, 6) is -0.866. The molecule has 0 radical (unpaired) electrons. The number of carbonyl (C=O) groups is 1. The van der Waals surface area contributed by atoms with E-state index < -0.39 is 23.3 Å². The normalized spacial score (nSPS) is 16.5. The van der Waals surface area contributed by atoms with Crippen LogP contribution in [-0.2, 0) is 9.53 Å². The van der Waals surface area contributed by atoms with E-state index in [9.17, 15) is 23.2 Å². The summed E-state index contributed by atoms with van der Waals surface area (Å²) in [5, 5.41) is 12.9. The van der Waals surface area contributed by atoms with Crippen molar-refractivity contribution < 1.29 is 27.4 Å². The summed E-state index contributed by atoms with van der Waals surface area (Å²) < 4.78 is 45.9. The Hall–Kier alpha value is -2.54. The SMILES string of the molecule is CC(C)(C)OC(=O)C1(C#N)CCN(C(=S)Nc2ccc(OC(F)(F)F)cc2)CC1. The number of esters is 1. The van der Waals surface area contributed by atoms with Crippen molar-refractivity contribution in [1.82, 2.24) is 4.90 Å². The molecule has 158 valence electrons. The van der Waals surface area contributed by atoms with Crippen LogP contribution in [0.2, 0.25) is 0 Å². The predicted molar refractivity (Wildman–Crippen MR) is 104 cm³/mol. The van der Waals surface area contributed by atoms with Gasteiger partial charge in [0.05, 0.1) is 6.07 Å². The lowest BCUT2D eigenvalue weighted by atomic mass is 9.79. The number of rotatable bonds is 3. The van der Waals surface area contributed by atoms with Gasteiger partial charge in [0.1, 0.15) is 11.4 Å². The van der Waals surface area contributed by atoms with Crippen LogP contribution in [0.15, 0.2) is 24.3 Å². The van der Waals surface area contributed by atoms with Crippen molar-refractivity contribution in [2.75, 3.05) is 18.4 Å². The van der Waals surface area contributed by atoms with Gasteiger partial charge in [-0.05, 0) is 70.1 Å². The lowest BCUT2D eigenvalue weighted by Gasteiger charge is -2.38. The molecule has 1 N–H and O–H groups in total. The molecule has 1 fully saturated rings. The molecule has 1 aromatic rings. The molecule has 0 spiro atoms. The minimum atomic E-state index is -4.75. The molecule has 1 saturated heterocycles. The first-order chi connectivity index (χ1) is 13.3. The Balaban J connectivity index is 1.94. The van der Waals surface area contributed by atoms with Crippen molar-refractivity contribution in [2.45, 2.75) is 45.6 Å². The molecule has 0 aliphatic carbocycles. The van der Waals surface area contributed by atoms with E-state index in [1.807, 2.05) is 0 Å². The van der Waals surface area contributed by atoms with Crippen LogP contribution in [0, 0.1) is 16.7 Å². The molecule has 0 atom stereocenters. The molecule has 1 aliphatic rings. The Kier molecular flexibility index (Phi) is 6.63. The van der Waals surface area contributed by atoms with Gasteiger partial charge in [0.2, 0.25) is 0 Å². The number of anilines is 1. The number of benzene rings is 1. The molecule has 0 bridgehead atoms. The Morgan fingerprint density at radius 2 is 1.76 bits per heavy atom. The number of alkyl halides is 3. The fraction of sp³-hybridized carbons (Fsp3) is 0.526. The van der Waals surface area contributed by atoms with Crippen molar-refractivity contribution in [3.8, 4) is 11.8 Å². The van der Waals surface area contributed by atoms with Gasteiger partial charge in [-0.2, -0.15) is 5.26 Å². The average Bonchev–Trinajstić information content (AvgIpc) is 2.60. The molecule has 0 amide bonds. The number of likely N-dealkylation sites (tertiary alicyclic amines) is 1. The van der Waals surface area contributed by atoms with Gasteiger partial charge in [-0.1, -0.05) is 0 Å². The van der Waals surface area contributed by atoms with Crippen molar-refractivity contribution in [2.24, 2.45) is 5.41 Å². The van der Waals surface area contributed by atoms with Crippen LogP contribution in [0.5, 0.6) is 5.75 Å². The standard InChI is InChI=1S/C19H22F3N3O3S/c1-17(2,3)28-15(26)18(12-23)8-10-25(11-9-18)16(29)24-13-4-6-14(7-5-13)27-19(20,21)22/h4-7H,8-11H2,1-3H3,(H,24,29). The van der Waals surface area contributed by atoms with E-state index in [1.54, 1.807) is 25.7 Å². The largest absolute Gasteiger partial charge is 0.573 e. The summed E-state index contributed by atoms with van der Waals surface area (Å²) in [6.45, 7) is 5.97. The van der Waals surface area contributed by atoms with Gasteiger partial charge in [-0.3, -0.25) is 4.79 Å². The number of carbonyl (C=O) groups excluding carboxylic acids is 1. The molecule has 29 heavy (non-hydrogen) atoms. The van der Waals surface area contributed by atoms with Crippen LogP contribution >= 0.6 is 12.2 Å². The zero-order chi connectivity index (χ0) is 21.9. The number of nitrogens with zero attached hydrogens (tertiary/aromatic N) is 2. The molecule has 6 nitrogen and oxygen atoms in total. The van der Waals surface area contributed by atoms with Crippen molar-refractivity contribution in [3.05, 3.63) is 24.3 Å². The van der Waals surface area contributed by atoms with Crippen LogP contribution in [-0.4, -0.2) is 41.0 Å². The Labute approximate surface area is 172 Å². The summed E-state index contributed by atoms with van der Waals surface area (Å²) in [7, 11) is 0. The average molecular weight is 429 g/mol. The Morgan fingerprint density at radius 3 is 2.21 bits per heavy atom. The van der Waals surface area contributed by atoms with Gasteiger partial charge in [-0.25, -0.2) is 0 Å². The molecule has 2 rings (SSSR count). The van der Waals surface area contributed by atoms with Gasteiger partial charge in [0.25, 0.3) is 0 Å². The highest BCUT2D eigenvalue weighted by Crippen LogP contribution is 2.34. The lowest BCUT2D eigenvalue weighted by Crippen LogP contribution is -2.48. The molecular formula is C19H22F3N3O3S. The first kappa shape index (κ1) is 22.7. The molecule has 0 saturated carbocycles. The smallest absolute Gasteiger partial charge is 0.459 e. The third-order valence-electron chi connectivity index (χ3n) is 4.25. The van der Waals surface area contributed by atoms with E-state index in [4.69, 9.17) is 17.0 Å². The number of halogens is 3. The number of hydrogen-bond donors (Lipinski definition) is 1. The Bertz CT molecular complexity index is 790. The fourth-order valence-electron chi connectivity index (χ4n) is 2.77. The quantitative estimate of drug-likeness (QED) is 0.569. The predicted octanol–water partition coefficient (Wildman–Crippen LogP) is 4.23. The third kappa shape index (κ3) is 6.49. The van der Waals surface area contributed by atoms with Crippen LogP contribution in [0.3, 0.4) is 0 Å². The van der Waals surface area contributed by atoms with E-state index in [0.29, 0.717) is 23.9 Å². The van der Waals surface area contributed by atoms with Crippen LogP contribution in [0.25, 0.3) is 0 Å². The molecule has 1 aromatic carbocycles. The first-order valence-corrected chi connectivity index (χ1v) is 9.31. The van der Waals surface area contributed by atoms with E-state index in [0.717, 1.165) is 0 Å². The minimum Gasteiger partial charge on any atom is -0.459 e. The van der Waals surface area contributed by atoms with Gasteiger partial charge >= 0.3 is 12.3 Å². The molecule has 10 heteroatoms. The second-order valence-electron chi connectivity index (χ2n) is 7.69. The maximum Gasteiger partial charge on any atom is 0.573 e. The topological polar surface area (TPSA) is 74.6 Å². The van der Waals surface area contributed by atoms with E-state index in [1.165, 1.54) is 24.3 Å². The highest BCUT2D eigenvalue weighted by molar-refractivity contribution is 7.80. The lowest BCUT2D eigenvalue weighted by molar-refractivity contribution is -0.274. The highest BCUT2D eigenvalue weighted by Gasteiger charge is 2.45. The zero-order valence-corrected chi connectivity index (χ0v) is 17.1. The first-order valence-electron chi connectivity index (χ1n) is 8.90. The zero-order valence-electron chi connectivity index (χ0n) is 16.3. The summed E-state index contributed by atoms with van der Waals surface area (Å²) in [6.07, 6.45) is -4.23. The number of hydrogen-bond acceptors (Lipinski definition) is 5. The number of piperidine rings is 1. The maximum absolute atomic E-state index is 12.5. The summed E-state index contributed by atoms with van der Waals surface area (Å²) in [6, 6.07) is 7.29. The maximum atomic E-state index is 12.5. The molecule has 0 unspecified atom stereocenters. The number of thiocarbonyl (C=S) groups is 1. The molecule has 0 aromatic heterocycles. The summed E-state index contributed by atoms with van der Waals surface area (Å²) in [4.78, 5) is 14.3. The second-order valence-corrected chi connectivity index (χ2v) is 8.07. The van der Waals surface area contributed by atoms with Crippen molar-refractivity contribution in [1.29, 1.82) is 5.26 Å². The highest BCUT2D eigenvalue weighted by atomic mass is 32.1. The second kappa shape index (κ2) is 8.45. The van der Waals surface area contributed by atoms with E-state index in [2.05, 4.69) is 16.1 Å². The van der Waals surface area contributed by atoms with Crippen molar-refractivity contribution in [3.63, 3.8) is 0 Å². The van der Waals surface area contributed by atoms with Crippen LogP contribution in [0.1, 0.15) is 33.6 Å². The number of ether oxygens (including phenoxy) is 2. The van der Waals surface area contributed by atoms with Crippen molar-refractivity contribution >= 4 is 29.0 Å². The summed E-state index contributed by atoms with van der Waals surface area (Å²) in [5.41, 5.74) is -1.40. The molecule has 1 aliphatic heterocycles. The van der Waals surface area contributed by atoms with E-state index >= 15 is 0 Å². The van der Waals surface area contributed by atoms with Crippen LogP contribution in [0.4, 0.5) is 18.9 Å². The van der Waals surface area contributed by atoms with E-state index in [-0.39, 0.29) is 18.6 Å². The summed E-state index contributed by atoms with van der Waals surface area (Å²) >= 11 is 5.35. The Morgan fingerprint density at radius 1 is 1.21 bits per heavy atom. The number of nitriles is 1. The van der Waals surface area contributed by atoms with Gasteiger partial charge < -0.3 is 19.7 Å². The van der Waals surface area contributed by atoms with Crippen LogP contribution < -0.4 is 10.1 Å². The molecular weight excluding hydrogens is 407 g/mol. The monoisotopic (exact) mass is 429 g/mol. The minimum absolute atomic E-state index is 0.262. The fourth-order valence-corrected chi connectivity index (χ4v) is 3.07. The third-order valence-corrected chi connectivity index (χ3v) is 4.61. The van der Waals surface area contributed by atoms with Gasteiger partial charge in [0, 0.05) is 18.8 Å². The van der Waals surface area contributed by atoms with Gasteiger partial charge in [-0.15, -0.1) is 13.2 Å².